The molecule has 0 radical (unpaired) electrons. The van der Waals surface area contributed by atoms with Gasteiger partial charge in [0.1, 0.15) is 0 Å². The van der Waals surface area contributed by atoms with Gasteiger partial charge in [0.2, 0.25) is 11.1 Å². The van der Waals surface area contributed by atoms with Crippen LogP contribution in [0.5, 0.6) is 0 Å². The maximum atomic E-state index is 12.8. The molecule has 0 amide bonds. The van der Waals surface area contributed by atoms with Gasteiger partial charge in [-0.15, -0.1) is 0 Å². The van der Waals surface area contributed by atoms with Crippen LogP contribution in [0.15, 0.2) is 35.3 Å². The number of benzene rings is 1. The zero-order valence-electron chi connectivity index (χ0n) is 14.0. The van der Waals surface area contributed by atoms with Gasteiger partial charge in [0.25, 0.3) is 0 Å². The predicted octanol–water partition coefficient (Wildman–Crippen LogP) is 2.23. The Morgan fingerprint density at radius 1 is 1.22 bits per heavy atom. The SMILES string of the molecule is COC(=O)[C@@]1(c2ccccc2)O[C@]2(OC)OC(C)=N[C@@]21C(C)C. The normalized spacial score (nSPS) is 35.1. The molecule has 124 valence electrons. The van der Waals surface area contributed by atoms with Crippen molar-refractivity contribution in [2.75, 3.05) is 14.2 Å². The van der Waals surface area contributed by atoms with Crippen molar-refractivity contribution < 1.29 is 23.7 Å². The summed E-state index contributed by atoms with van der Waals surface area (Å²) >= 11 is 0. The number of fused-ring (bicyclic) bond motifs is 1. The molecule has 3 atom stereocenters. The van der Waals surface area contributed by atoms with Crippen LogP contribution in [0.1, 0.15) is 26.3 Å². The molecule has 3 rings (SSSR count). The summed E-state index contributed by atoms with van der Waals surface area (Å²) in [4.78, 5) is 17.5. The summed E-state index contributed by atoms with van der Waals surface area (Å²) in [6, 6.07) is 9.21. The first-order valence-corrected chi connectivity index (χ1v) is 7.55. The van der Waals surface area contributed by atoms with Crippen molar-refractivity contribution in [2.45, 2.75) is 37.9 Å². The Morgan fingerprint density at radius 3 is 2.39 bits per heavy atom. The van der Waals surface area contributed by atoms with Crippen LogP contribution in [0.4, 0.5) is 0 Å². The molecule has 1 fully saturated rings. The van der Waals surface area contributed by atoms with Crippen molar-refractivity contribution >= 4 is 11.9 Å². The summed E-state index contributed by atoms with van der Waals surface area (Å²) in [6.45, 7) is 5.64. The molecule has 6 nitrogen and oxygen atoms in total. The molecule has 6 heteroatoms. The van der Waals surface area contributed by atoms with E-state index in [1.807, 2.05) is 44.2 Å². The molecule has 0 spiro atoms. The van der Waals surface area contributed by atoms with E-state index in [9.17, 15) is 4.79 Å². The Labute approximate surface area is 135 Å². The Hall–Kier alpha value is -1.92. The molecular weight excluding hydrogens is 298 g/mol. The van der Waals surface area contributed by atoms with E-state index in [1.54, 1.807) is 6.92 Å². The first-order valence-electron chi connectivity index (χ1n) is 7.55. The number of methoxy groups -OCH3 is 2. The minimum atomic E-state index is -1.42. The molecule has 0 saturated carbocycles. The van der Waals surface area contributed by atoms with Crippen LogP contribution < -0.4 is 0 Å². The maximum Gasteiger partial charge on any atom is 0.360 e. The highest BCUT2D eigenvalue weighted by Crippen LogP contribution is 2.65. The molecule has 0 N–H and O–H groups in total. The Morgan fingerprint density at radius 2 is 1.87 bits per heavy atom. The zero-order chi connectivity index (χ0) is 16.9. The molecule has 1 aromatic carbocycles. The second kappa shape index (κ2) is 5.04. The third-order valence-corrected chi connectivity index (χ3v) is 4.66. The van der Waals surface area contributed by atoms with Crippen molar-refractivity contribution in [2.24, 2.45) is 10.9 Å². The van der Waals surface area contributed by atoms with Crippen LogP contribution in [0.25, 0.3) is 0 Å². The largest absolute Gasteiger partial charge is 0.467 e. The van der Waals surface area contributed by atoms with E-state index < -0.39 is 23.1 Å². The van der Waals surface area contributed by atoms with Gasteiger partial charge in [-0.1, -0.05) is 44.2 Å². The Balaban J connectivity index is 2.28. The molecule has 0 aliphatic carbocycles. The number of carbonyl (C=O) groups excluding carboxylic acids is 1. The van der Waals surface area contributed by atoms with E-state index in [4.69, 9.17) is 18.9 Å². The summed E-state index contributed by atoms with van der Waals surface area (Å²) in [6.07, 6.45) is 0. The van der Waals surface area contributed by atoms with Crippen LogP contribution in [-0.4, -0.2) is 37.6 Å². The number of nitrogens with zero attached hydrogens (tertiary/aromatic N) is 1. The number of ether oxygens (including phenoxy) is 4. The van der Waals surface area contributed by atoms with Crippen molar-refractivity contribution in [3.63, 3.8) is 0 Å². The van der Waals surface area contributed by atoms with Crippen LogP contribution in [0.3, 0.4) is 0 Å². The second-order valence-electron chi connectivity index (χ2n) is 6.06. The lowest BCUT2D eigenvalue weighted by molar-refractivity contribution is -0.497. The van der Waals surface area contributed by atoms with Gasteiger partial charge in [-0.3, -0.25) is 4.74 Å². The van der Waals surface area contributed by atoms with Gasteiger partial charge < -0.3 is 14.2 Å². The summed E-state index contributed by atoms with van der Waals surface area (Å²) < 4.78 is 22.4. The Kier molecular flexibility index (Phi) is 3.50. The van der Waals surface area contributed by atoms with Gasteiger partial charge in [-0.2, -0.15) is 0 Å². The lowest BCUT2D eigenvalue weighted by Gasteiger charge is -2.61. The molecule has 2 aliphatic rings. The topological polar surface area (TPSA) is 66.4 Å². The van der Waals surface area contributed by atoms with Crippen LogP contribution in [0, 0.1) is 5.92 Å². The van der Waals surface area contributed by atoms with Crippen molar-refractivity contribution in [3.05, 3.63) is 35.9 Å². The van der Waals surface area contributed by atoms with Crippen LogP contribution in [-0.2, 0) is 29.3 Å². The summed E-state index contributed by atoms with van der Waals surface area (Å²) in [5.74, 6) is -1.63. The lowest BCUT2D eigenvalue weighted by Crippen LogP contribution is -2.82. The molecule has 0 unspecified atom stereocenters. The number of carbonyl (C=O) groups is 1. The highest BCUT2D eigenvalue weighted by molar-refractivity contribution is 5.88. The van der Waals surface area contributed by atoms with E-state index in [0.717, 1.165) is 0 Å². The quantitative estimate of drug-likeness (QED) is 0.796. The highest BCUT2D eigenvalue weighted by atomic mass is 16.9. The standard InChI is InChI=1S/C17H21NO5/c1-11(2)16-15(14(19)20-4,13-9-7-6-8-10-13)23-17(16,21-5)22-12(3)18-16/h6-11H,1-5H3/t15-,16-,17-/m1/s1. The average Bonchev–Trinajstić information content (AvgIpc) is 2.79. The maximum absolute atomic E-state index is 12.8. The molecule has 1 aromatic rings. The van der Waals surface area contributed by atoms with E-state index in [1.165, 1.54) is 14.2 Å². The highest BCUT2D eigenvalue weighted by Gasteiger charge is 2.87. The summed E-state index contributed by atoms with van der Waals surface area (Å²) in [7, 11) is 2.82. The molecular formula is C17H21NO5. The third kappa shape index (κ3) is 1.65. The number of aliphatic imine (C=N–C) groups is 1. The zero-order valence-corrected chi connectivity index (χ0v) is 14.0. The molecule has 1 saturated heterocycles. The van der Waals surface area contributed by atoms with E-state index in [2.05, 4.69) is 4.99 Å². The number of hydrogen-bond acceptors (Lipinski definition) is 6. The average molecular weight is 319 g/mol. The fraction of sp³-hybridized carbons (Fsp3) is 0.529. The fourth-order valence-electron chi connectivity index (χ4n) is 3.78. The molecule has 0 bridgehead atoms. The molecule has 2 aliphatic heterocycles. The van der Waals surface area contributed by atoms with Crippen LogP contribution >= 0.6 is 0 Å². The molecule has 0 aromatic heterocycles. The van der Waals surface area contributed by atoms with E-state index >= 15 is 0 Å². The van der Waals surface area contributed by atoms with Gasteiger partial charge >= 0.3 is 11.9 Å². The van der Waals surface area contributed by atoms with Crippen molar-refractivity contribution in [3.8, 4) is 0 Å². The lowest BCUT2D eigenvalue weighted by atomic mass is 9.62. The van der Waals surface area contributed by atoms with Gasteiger partial charge in [-0.25, -0.2) is 9.79 Å². The number of rotatable bonds is 4. The number of esters is 1. The smallest absolute Gasteiger partial charge is 0.360 e. The van der Waals surface area contributed by atoms with Crippen molar-refractivity contribution in [1.82, 2.24) is 0 Å². The van der Waals surface area contributed by atoms with Gasteiger partial charge in [-0.05, 0) is 11.5 Å². The fourth-order valence-corrected chi connectivity index (χ4v) is 3.78. The van der Waals surface area contributed by atoms with Gasteiger partial charge in [0.05, 0.1) is 7.11 Å². The minimum absolute atomic E-state index is 0.104. The number of hydrogen-bond donors (Lipinski definition) is 0. The predicted molar refractivity (Wildman–Crippen MR) is 82.7 cm³/mol. The van der Waals surface area contributed by atoms with Gasteiger partial charge in [0, 0.05) is 14.0 Å². The Bertz CT molecular complexity index is 658. The molecule has 23 heavy (non-hydrogen) atoms. The van der Waals surface area contributed by atoms with E-state index in [-0.39, 0.29) is 5.92 Å². The first kappa shape index (κ1) is 16.0. The third-order valence-electron chi connectivity index (χ3n) is 4.66. The van der Waals surface area contributed by atoms with E-state index in [0.29, 0.717) is 11.5 Å². The monoisotopic (exact) mass is 319 g/mol. The minimum Gasteiger partial charge on any atom is -0.467 e. The first-order chi connectivity index (χ1) is 10.9. The second-order valence-corrected chi connectivity index (χ2v) is 6.06. The van der Waals surface area contributed by atoms with Gasteiger partial charge in [0.15, 0.2) is 5.90 Å². The van der Waals surface area contributed by atoms with Crippen LogP contribution in [0.2, 0.25) is 0 Å². The summed E-state index contributed by atoms with van der Waals surface area (Å²) in [5.41, 5.74) is -1.81. The van der Waals surface area contributed by atoms with Crippen molar-refractivity contribution in [1.29, 1.82) is 0 Å². The molecule has 2 heterocycles. The summed E-state index contributed by atoms with van der Waals surface area (Å²) in [5, 5.41) is 0.